The summed E-state index contributed by atoms with van der Waals surface area (Å²) in [5.41, 5.74) is 3.32. The average molecular weight is 377 g/mol. The van der Waals surface area contributed by atoms with Crippen LogP contribution in [0.2, 0.25) is 0 Å². The molecule has 1 aromatic heterocycles. The highest BCUT2D eigenvalue weighted by molar-refractivity contribution is 6.05. The van der Waals surface area contributed by atoms with Crippen LogP contribution in [0.15, 0.2) is 54.7 Å². The van der Waals surface area contributed by atoms with Crippen molar-refractivity contribution in [2.45, 2.75) is 26.3 Å². The number of hydrogen-bond acceptors (Lipinski definition) is 4. The zero-order valence-corrected chi connectivity index (χ0v) is 15.9. The lowest BCUT2D eigenvalue weighted by Gasteiger charge is -2.11. The van der Waals surface area contributed by atoms with Gasteiger partial charge >= 0.3 is 0 Å². The molecule has 0 saturated carbocycles. The molecule has 1 aliphatic rings. The number of rotatable bonds is 5. The van der Waals surface area contributed by atoms with Crippen molar-refractivity contribution in [2.75, 3.05) is 18.5 Å². The van der Waals surface area contributed by atoms with Crippen molar-refractivity contribution in [3.05, 3.63) is 71.5 Å². The van der Waals surface area contributed by atoms with Gasteiger partial charge in [-0.05, 0) is 24.1 Å². The number of ether oxygens (including phenoxy) is 2. The number of carbonyl (C=O) groups is 1. The number of carbonyl (C=O) groups excluding carboxylic acids is 1. The number of nitrogens with zero attached hydrogens (tertiary/aromatic N) is 2. The Morgan fingerprint density at radius 3 is 2.68 bits per heavy atom. The highest BCUT2D eigenvalue weighted by Crippen LogP contribution is 2.32. The fourth-order valence-corrected chi connectivity index (χ4v) is 3.31. The molecule has 6 nitrogen and oxygen atoms in total. The monoisotopic (exact) mass is 377 g/mol. The number of hydrogen-bond donors (Lipinski definition) is 1. The normalized spacial score (nSPS) is 13.0. The molecule has 0 aliphatic carbocycles. The van der Waals surface area contributed by atoms with Crippen LogP contribution in [-0.4, -0.2) is 28.9 Å². The van der Waals surface area contributed by atoms with Crippen LogP contribution < -0.4 is 14.8 Å². The Balaban J connectivity index is 1.53. The highest BCUT2D eigenvalue weighted by Gasteiger charge is 2.18. The second-order valence-corrected chi connectivity index (χ2v) is 6.67. The molecule has 144 valence electrons. The van der Waals surface area contributed by atoms with Gasteiger partial charge in [0.1, 0.15) is 0 Å². The highest BCUT2D eigenvalue weighted by atomic mass is 16.5. The molecule has 1 amide bonds. The van der Waals surface area contributed by atoms with Crippen LogP contribution in [0, 0.1) is 0 Å². The van der Waals surface area contributed by atoms with E-state index in [-0.39, 0.29) is 5.91 Å². The molecular weight excluding hydrogens is 354 g/mol. The van der Waals surface area contributed by atoms with Crippen LogP contribution in [0.4, 0.5) is 5.69 Å². The standard InChI is InChI=1S/C22H23N3O3/c1-2-19-18(14-23-25(19)15-16-7-4-3-5-8-16)22(26)24-17-9-10-20-21(13-17)28-12-6-11-27-20/h3-5,7-10,13-14H,2,6,11-12,15H2,1H3,(H,24,26). The van der Waals surface area contributed by atoms with E-state index in [4.69, 9.17) is 9.47 Å². The summed E-state index contributed by atoms with van der Waals surface area (Å²) in [6.45, 7) is 3.92. The molecule has 3 aromatic rings. The summed E-state index contributed by atoms with van der Waals surface area (Å²) in [4.78, 5) is 12.9. The maximum absolute atomic E-state index is 12.9. The first-order chi connectivity index (χ1) is 13.7. The first kappa shape index (κ1) is 18.1. The molecule has 0 fully saturated rings. The summed E-state index contributed by atoms with van der Waals surface area (Å²) in [5.74, 6) is 1.19. The van der Waals surface area contributed by atoms with Crippen LogP contribution in [0.25, 0.3) is 0 Å². The van der Waals surface area contributed by atoms with E-state index in [0.717, 1.165) is 24.1 Å². The fraction of sp³-hybridized carbons (Fsp3) is 0.273. The molecular formula is C22H23N3O3. The van der Waals surface area contributed by atoms with Gasteiger partial charge in [0, 0.05) is 18.2 Å². The Bertz CT molecular complexity index is 966. The summed E-state index contributed by atoms with van der Waals surface area (Å²) >= 11 is 0. The van der Waals surface area contributed by atoms with Gasteiger partial charge in [0.2, 0.25) is 0 Å². The molecule has 6 heteroatoms. The topological polar surface area (TPSA) is 65.4 Å². The van der Waals surface area contributed by atoms with Crippen molar-refractivity contribution in [3.63, 3.8) is 0 Å². The number of fused-ring (bicyclic) bond motifs is 1. The van der Waals surface area contributed by atoms with Crippen LogP contribution >= 0.6 is 0 Å². The van der Waals surface area contributed by atoms with Crippen molar-refractivity contribution in [3.8, 4) is 11.5 Å². The zero-order valence-electron chi connectivity index (χ0n) is 15.9. The number of benzene rings is 2. The number of anilines is 1. The van der Waals surface area contributed by atoms with Gasteiger partial charge in [-0.25, -0.2) is 0 Å². The summed E-state index contributed by atoms with van der Waals surface area (Å²) < 4.78 is 13.2. The van der Waals surface area contributed by atoms with Crippen molar-refractivity contribution in [1.29, 1.82) is 0 Å². The summed E-state index contributed by atoms with van der Waals surface area (Å²) in [6.07, 6.45) is 3.20. The first-order valence-electron chi connectivity index (χ1n) is 9.54. The molecule has 1 aliphatic heterocycles. The summed E-state index contributed by atoms with van der Waals surface area (Å²) in [6, 6.07) is 15.6. The molecule has 0 atom stereocenters. The van der Waals surface area contributed by atoms with Crippen LogP contribution in [-0.2, 0) is 13.0 Å². The minimum Gasteiger partial charge on any atom is -0.490 e. The van der Waals surface area contributed by atoms with Crippen molar-refractivity contribution >= 4 is 11.6 Å². The SMILES string of the molecule is CCc1c(C(=O)Nc2ccc3c(c2)OCCCO3)cnn1Cc1ccccc1. The van der Waals surface area contributed by atoms with E-state index in [1.807, 2.05) is 41.9 Å². The van der Waals surface area contributed by atoms with Crippen LogP contribution in [0.1, 0.15) is 35.0 Å². The van der Waals surface area contributed by atoms with Crippen molar-refractivity contribution in [1.82, 2.24) is 9.78 Å². The molecule has 0 radical (unpaired) electrons. The van der Waals surface area contributed by atoms with Crippen LogP contribution in [0.5, 0.6) is 11.5 Å². The maximum Gasteiger partial charge on any atom is 0.259 e. The predicted octanol–water partition coefficient (Wildman–Crippen LogP) is 3.91. The van der Waals surface area contributed by atoms with Crippen LogP contribution in [0.3, 0.4) is 0 Å². The van der Waals surface area contributed by atoms with Gasteiger partial charge in [0.25, 0.3) is 5.91 Å². The number of nitrogens with one attached hydrogen (secondary N) is 1. The summed E-state index contributed by atoms with van der Waals surface area (Å²) in [7, 11) is 0. The van der Waals surface area contributed by atoms with E-state index in [1.165, 1.54) is 0 Å². The van der Waals surface area contributed by atoms with Gasteiger partial charge in [-0.3, -0.25) is 9.48 Å². The van der Waals surface area contributed by atoms with Gasteiger partial charge < -0.3 is 14.8 Å². The maximum atomic E-state index is 12.9. The lowest BCUT2D eigenvalue weighted by molar-refractivity contribution is 0.102. The molecule has 4 rings (SSSR count). The molecule has 0 saturated heterocycles. The third-order valence-electron chi connectivity index (χ3n) is 4.71. The van der Waals surface area contributed by atoms with Crippen molar-refractivity contribution < 1.29 is 14.3 Å². The molecule has 2 heterocycles. The smallest absolute Gasteiger partial charge is 0.259 e. The van der Waals surface area contributed by atoms with E-state index < -0.39 is 0 Å². The molecule has 2 aromatic carbocycles. The Labute approximate surface area is 164 Å². The number of amides is 1. The van der Waals surface area contributed by atoms with Gasteiger partial charge in [-0.15, -0.1) is 0 Å². The Morgan fingerprint density at radius 2 is 1.89 bits per heavy atom. The van der Waals surface area contributed by atoms with E-state index in [2.05, 4.69) is 22.5 Å². The van der Waals surface area contributed by atoms with E-state index in [0.29, 0.717) is 42.5 Å². The second-order valence-electron chi connectivity index (χ2n) is 6.67. The summed E-state index contributed by atoms with van der Waals surface area (Å²) in [5, 5.41) is 7.39. The van der Waals surface area contributed by atoms with Gasteiger partial charge in [-0.1, -0.05) is 37.3 Å². The van der Waals surface area contributed by atoms with Crippen molar-refractivity contribution in [2.24, 2.45) is 0 Å². The van der Waals surface area contributed by atoms with E-state index >= 15 is 0 Å². The van der Waals surface area contributed by atoms with Gasteiger partial charge in [0.05, 0.1) is 37.2 Å². The molecule has 0 bridgehead atoms. The third kappa shape index (κ3) is 3.86. The third-order valence-corrected chi connectivity index (χ3v) is 4.71. The van der Waals surface area contributed by atoms with E-state index in [9.17, 15) is 4.79 Å². The Morgan fingerprint density at radius 1 is 1.11 bits per heavy atom. The predicted molar refractivity (Wildman–Crippen MR) is 107 cm³/mol. The van der Waals surface area contributed by atoms with Gasteiger partial charge in [0.15, 0.2) is 11.5 Å². The second kappa shape index (κ2) is 8.17. The van der Waals surface area contributed by atoms with E-state index in [1.54, 1.807) is 12.3 Å². The quantitative estimate of drug-likeness (QED) is 0.732. The fourth-order valence-electron chi connectivity index (χ4n) is 3.31. The minimum absolute atomic E-state index is 0.175. The first-order valence-corrected chi connectivity index (χ1v) is 9.54. The zero-order chi connectivity index (χ0) is 19.3. The van der Waals surface area contributed by atoms with Gasteiger partial charge in [-0.2, -0.15) is 5.10 Å². The largest absolute Gasteiger partial charge is 0.490 e. The molecule has 0 spiro atoms. The lowest BCUT2D eigenvalue weighted by atomic mass is 10.1. The molecule has 0 unspecified atom stereocenters. The average Bonchev–Trinajstić information content (AvgIpc) is 2.97. The minimum atomic E-state index is -0.175. The molecule has 28 heavy (non-hydrogen) atoms. The Hall–Kier alpha value is -3.28. The lowest BCUT2D eigenvalue weighted by Crippen LogP contribution is -2.15. The number of aromatic nitrogens is 2. The molecule has 1 N–H and O–H groups in total. The Kier molecular flexibility index (Phi) is 5.28.